The Morgan fingerprint density at radius 2 is 2.50 bits per heavy atom. The van der Waals surface area contributed by atoms with Crippen LogP contribution in [-0.2, 0) is 9.59 Å². The van der Waals surface area contributed by atoms with E-state index < -0.39 is 6.04 Å². The highest BCUT2D eigenvalue weighted by Crippen LogP contribution is 1.98. The van der Waals surface area contributed by atoms with E-state index in [-0.39, 0.29) is 17.9 Å². The van der Waals surface area contributed by atoms with E-state index in [2.05, 4.69) is 10.6 Å². The standard InChI is InChI=1S/C7H13N3O2/c1-4(8)6(11)10-5-2-3-9-7(5)12/h4-5H,2-3,8H2,1H3,(H,9,12)(H,10,11)/t4-,5-/m0/s1. The molecule has 2 amide bonds. The van der Waals surface area contributed by atoms with Crippen LogP contribution in [0.1, 0.15) is 13.3 Å². The minimum absolute atomic E-state index is 0.121. The summed E-state index contributed by atoms with van der Waals surface area (Å²) in [4.78, 5) is 22.0. The fourth-order valence-corrected chi connectivity index (χ4v) is 1.03. The molecule has 1 rings (SSSR count). The lowest BCUT2D eigenvalue weighted by molar-refractivity contribution is -0.127. The van der Waals surface area contributed by atoms with Gasteiger partial charge in [0.05, 0.1) is 6.04 Å². The molecule has 1 aliphatic rings. The van der Waals surface area contributed by atoms with Gasteiger partial charge in [-0.15, -0.1) is 0 Å². The van der Waals surface area contributed by atoms with E-state index in [9.17, 15) is 9.59 Å². The molecule has 1 heterocycles. The number of nitrogens with one attached hydrogen (secondary N) is 2. The topological polar surface area (TPSA) is 84.2 Å². The maximum absolute atomic E-state index is 11.0. The fraction of sp³-hybridized carbons (Fsp3) is 0.714. The van der Waals surface area contributed by atoms with Crippen LogP contribution in [0.2, 0.25) is 0 Å². The van der Waals surface area contributed by atoms with Gasteiger partial charge < -0.3 is 16.4 Å². The summed E-state index contributed by atoms with van der Waals surface area (Å²) in [5.74, 6) is -0.402. The molecule has 5 heteroatoms. The Balaban J connectivity index is 2.40. The number of hydrogen-bond acceptors (Lipinski definition) is 3. The fourth-order valence-electron chi connectivity index (χ4n) is 1.03. The van der Waals surface area contributed by atoms with Crippen LogP contribution in [0.25, 0.3) is 0 Å². The molecule has 4 N–H and O–H groups in total. The third-order valence-corrected chi connectivity index (χ3v) is 1.78. The lowest BCUT2D eigenvalue weighted by Gasteiger charge is -2.11. The quantitative estimate of drug-likeness (QED) is 0.465. The Kier molecular flexibility index (Phi) is 2.65. The lowest BCUT2D eigenvalue weighted by atomic mass is 10.2. The Morgan fingerprint density at radius 1 is 1.83 bits per heavy atom. The first kappa shape index (κ1) is 8.99. The summed E-state index contributed by atoms with van der Waals surface area (Å²) >= 11 is 0. The molecule has 5 nitrogen and oxygen atoms in total. The van der Waals surface area contributed by atoms with Crippen LogP contribution in [0.3, 0.4) is 0 Å². The van der Waals surface area contributed by atoms with Crippen molar-refractivity contribution in [2.75, 3.05) is 6.54 Å². The van der Waals surface area contributed by atoms with E-state index in [1.165, 1.54) is 0 Å². The largest absolute Gasteiger partial charge is 0.354 e. The van der Waals surface area contributed by atoms with Crippen LogP contribution in [0.5, 0.6) is 0 Å². The maximum Gasteiger partial charge on any atom is 0.242 e. The number of nitrogens with two attached hydrogens (primary N) is 1. The molecule has 0 aliphatic carbocycles. The summed E-state index contributed by atoms with van der Waals surface area (Å²) in [6, 6.07) is -0.943. The van der Waals surface area contributed by atoms with Crippen LogP contribution in [0.4, 0.5) is 0 Å². The SMILES string of the molecule is C[C@H](N)C(=O)N[C@H]1CCNC1=O. The summed E-state index contributed by atoms with van der Waals surface area (Å²) in [5, 5.41) is 5.17. The molecule has 1 saturated heterocycles. The summed E-state index contributed by atoms with van der Waals surface area (Å²) in [6.07, 6.45) is 0.650. The van der Waals surface area contributed by atoms with Gasteiger partial charge in [-0.05, 0) is 13.3 Å². The van der Waals surface area contributed by atoms with E-state index >= 15 is 0 Å². The third kappa shape index (κ3) is 1.94. The van der Waals surface area contributed by atoms with Gasteiger partial charge >= 0.3 is 0 Å². The first-order chi connectivity index (χ1) is 5.61. The summed E-state index contributed by atoms with van der Waals surface area (Å²) in [6.45, 7) is 2.21. The highest BCUT2D eigenvalue weighted by Gasteiger charge is 2.26. The van der Waals surface area contributed by atoms with Crippen molar-refractivity contribution in [3.63, 3.8) is 0 Å². The van der Waals surface area contributed by atoms with Gasteiger partial charge in [-0.2, -0.15) is 0 Å². The van der Waals surface area contributed by atoms with E-state index in [1.54, 1.807) is 6.92 Å². The Bertz CT molecular complexity index is 203. The Hall–Kier alpha value is -1.10. The van der Waals surface area contributed by atoms with Gasteiger partial charge in [-0.25, -0.2) is 0 Å². The van der Waals surface area contributed by atoms with Crippen molar-refractivity contribution < 1.29 is 9.59 Å². The molecule has 0 aromatic carbocycles. The van der Waals surface area contributed by atoms with E-state index in [0.717, 1.165) is 0 Å². The van der Waals surface area contributed by atoms with Crippen LogP contribution >= 0.6 is 0 Å². The van der Waals surface area contributed by atoms with Gasteiger partial charge in [0.2, 0.25) is 11.8 Å². The second-order valence-electron chi connectivity index (χ2n) is 2.93. The predicted octanol–water partition coefficient (Wildman–Crippen LogP) is -1.66. The molecule has 0 spiro atoms. The maximum atomic E-state index is 11.0. The van der Waals surface area contributed by atoms with E-state index in [0.29, 0.717) is 13.0 Å². The second kappa shape index (κ2) is 3.53. The zero-order valence-electron chi connectivity index (χ0n) is 6.96. The van der Waals surface area contributed by atoms with Crippen molar-refractivity contribution in [3.8, 4) is 0 Å². The molecule has 0 bridgehead atoms. The molecule has 1 aliphatic heterocycles. The average Bonchev–Trinajstić information content (AvgIpc) is 2.36. The van der Waals surface area contributed by atoms with Gasteiger partial charge in [0.1, 0.15) is 6.04 Å². The van der Waals surface area contributed by atoms with Crippen molar-refractivity contribution in [2.24, 2.45) is 5.73 Å². The predicted molar refractivity (Wildman–Crippen MR) is 43.2 cm³/mol. The van der Waals surface area contributed by atoms with Gasteiger partial charge in [0, 0.05) is 6.54 Å². The number of amides is 2. The zero-order chi connectivity index (χ0) is 9.14. The summed E-state index contributed by atoms with van der Waals surface area (Å²) in [7, 11) is 0. The average molecular weight is 171 g/mol. The lowest BCUT2D eigenvalue weighted by Crippen LogP contribution is -2.46. The van der Waals surface area contributed by atoms with Crippen molar-refractivity contribution in [3.05, 3.63) is 0 Å². The zero-order valence-corrected chi connectivity index (χ0v) is 6.96. The summed E-state index contributed by atoms with van der Waals surface area (Å²) < 4.78 is 0. The third-order valence-electron chi connectivity index (χ3n) is 1.78. The highest BCUT2D eigenvalue weighted by molar-refractivity contribution is 5.90. The minimum Gasteiger partial charge on any atom is -0.354 e. The molecule has 0 aromatic rings. The molecule has 1 fully saturated rings. The van der Waals surface area contributed by atoms with Crippen molar-refractivity contribution in [2.45, 2.75) is 25.4 Å². The highest BCUT2D eigenvalue weighted by atomic mass is 16.2. The molecule has 68 valence electrons. The van der Waals surface area contributed by atoms with E-state index in [4.69, 9.17) is 5.73 Å². The molecule has 0 saturated carbocycles. The molecule has 12 heavy (non-hydrogen) atoms. The number of rotatable bonds is 2. The van der Waals surface area contributed by atoms with Crippen LogP contribution < -0.4 is 16.4 Å². The minimum atomic E-state index is -0.557. The Labute approximate surface area is 70.7 Å². The van der Waals surface area contributed by atoms with Gasteiger partial charge in [0.25, 0.3) is 0 Å². The molecular formula is C7H13N3O2. The monoisotopic (exact) mass is 171 g/mol. The van der Waals surface area contributed by atoms with Crippen LogP contribution in [-0.4, -0.2) is 30.4 Å². The number of carbonyl (C=O) groups is 2. The first-order valence-corrected chi connectivity index (χ1v) is 3.95. The van der Waals surface area contributed by atoms with Crippen LogP contribution in [0.15, 0.2) is 0 Å². The molecule has 0 aromatic heterocycles. The van der Waals surface area contributed by atoms with Crippen molar-refractivity contribution >= 4 is 11.8 Å². The number of carbonyl (C=O) groups excluding carboxylic acids is 2. The molecule has 2 atom stereocenters. The van der Waals surface area contributed by atoms with Gasteiger partial charge in [-0.1, -0.05) is 0 Å². The van der Waals surface area contributed by atoms with Gasteiger partial charge in [0.15, 0.2) is 0 Å². The van der Waals surface area contributed by atoms with Gasteiger partial charge in [-0.3, -0.25) is 9.59 Å². The normalized spacial score (nSPS) is 24.8. The molecular weight excluding hydrogens is 158 g/mol. The first-order valence-electron chi connectivity index (χ1n) is 3.95. The number of hydrogen-bond donors (Lipinski definition) is 3. The van der Waals surface area contributed by atoms with Crippen molar-refractivity contribution in [1.29, 1.82) is 0 Å². The smallest absolute Gasteiger partial charge is 0.242 e. The van der Waals surface area contributed by atoms with Crippen LogP contribution in [0, 0.1) is 0 Å². The summed E-state index contributed by atoms with van der Waals surface area (Å²) in [5.41, 5.74) is 5.32. The van der Waals surface area contributed by atoms with Crippen molar-refractivity contribution in [1.82, 2.24) is 10.6 Å². The van der Waals surface area contributed by atoms with E-state index in [1.807, 2.05) is 0 Å². The Morgan fingerprint density at radius 3 is 2.92 bits per heavy atom. The second-order valence-corrected chi connectivity index (χ2v) is 2.93. The molecule has 0 unspecified atom stereocenters. The molecule has 0 radical (unpaired) electrons.